The Morgan fingerprint density at radius 1 is 1.08 bits per heavy atom. The highest BCUT2D eigenvalue weighted by Gasteiger charge is 2.20. The van der Waals surface area contributed by atoms with E-state index in [-0.39, 0.29) is 12.4 Å². The molecule has 0 radical (unpaired) electrons. The third-order valence-electron chi connectivity index (χ3n) is 3.13. The summed E-state index contributed by atoms with van der Waals surface area (Å²) in [4.78, 5) is -0.477. The number of benzene rings is 2. The Balaban J connectivity index is 1.84. The van der Waals surface area contributed by atoms with Crippen LogP contribution in [0.25, 0.3) is 5.69 Å². The summed E-state index contributed by atoms with van der Waals surface area (Å²) >= 11 is 0. The molecule has 0 aliphatic heterocycles. The van der Waals surface area contributed by atoms with E-state index in [2.05, 4.69) is 20.2 Å². The predicted octanol–water partition coefficient (Wildman–Crippen LogP) is 1.42. The fraction of sp³-hybridized carbons (Fsp3) is 0.0714. The molecule has 7 nitrogen and oxygen atoms in total. The molecule has 124 valence electrons. The fourth-order valence-electron chi connectivity index (χ4n) is 2.02. The molecule has 0 spiro atoms. The van der Waals surface area contributed by atoms with E-state index in [1.807, 2.05) is 0 Å². The van der Waals surface area contributed by atoms with Crippen molar-refractivity contribution in [1.82, 2.24) is 24.9 Å². The summed E-state index contributed by atoms with van der Waals surface area (Å²) in [7, 11) is -4.08. The maximum absolute atomic E-state index is 13.6. The molecule has 0 fully saturated rings. The lowest BCUT2D eigenvalue weighted by Gasteiger charge is -2.08. The van der Waals surface area contributed by atoms with Crippen LogP contribution in [0.4, 0.5) is 8.78 Å². The van der Waals surface area contributed by atoms with Crippen LogP contribution in [0, 0.1) is 11.6 Å². The molecule has 0 saturated heterocycles. The molecule has 3 rings (SSSR count). The quantitative estimate of drug-likeness (QED) is 0.751. The molecule has 3 aromatic rings. The van der Waals surface area contributed by atoms with Gasteiger partial charge in [-0.15, -0.1) is 5.10 Å². The monoisotopic (exact) mass is 351 g/mol. The molecule has 2 aromatic carbocycles. The standard InChI is InChI=1S/C14H11F2N5O2S/c15-10-4-3-5-11(8-10)21-14(18-19-20-21)9-17-24(22,23)13-7-2-1-6-12(13)16/h1-8,17H,9H2. The first-order chi connectivity index (χ1) is 11.5. The van der Waals surface area contributed by atoms with Crippen LogP contribution in [0.5, 0.6) is 0 Å². The van der Waals surface area contributed by atoms with Gasteiger partial charge in [-0.2, -0.15) is 4.68 Å². The van der Waals surface area contributed by atoms with Crippen LogP contribution in [-0.2, 0) is 16.6 Å². The van der Waals surface area contributed by atoms with Crippen molar-refractivity contribution in [2.24, 2.45) is 0 Å². The minimum atomic E-state index is -4.08. The molecule has 1 heterocycles. The van der Waals surface area contributed by atoms with Gasteiger partial charge >= 0.3 is 0 Å². The van der Waals surface area contributed by atoms with Crippen LogP contribution in [-0.4, -0.2) is 28.6 Å². The van der Waals surface area contributed by atoms with Gasteiger partial charge in [-0.1, -0.05) is 18.2 Å². The Morgan fingerprint density at radius 2 is 1.88 bits per heavy atom. The summed E-state index contributed by atoms with van der Waals surface area (Å²) in [5.74, 6) is -1.23. The molecule has 0 aliphatic carbocycles. The number of halogens is 2. The first-order valence-corrected chi connectivity index (χ1v) is 8.23. The molecule has 0 bridgehead atoms. The van der Waals surface area contributed by atoms with Gasteiger partial charge in [-0.05, 0) is 40.8 Å². The molecule has 24 heavy (non-hydrogen) atoms. The normalized spacial score (nSPS) is 11.6. The first-order valence-electron chi connectivity index (χ1n) is 6.75. The number of hydrogen-bond donors (Lipinski definition) is 1. The molecule has 0 aliphatic rings. The molecule has 0 unspecified atom stereocenters. The number of nitrogens with zero attached hydrogens (tertiary/aromatic N) is 4. The van der Waals surface area contributed by atoms with E-state index in [0.29, 0.717) is 5.69 Å². The largest absolute Gasteiger partial charge is 0.243 e. The number of aromatic nitrogens is 4. The zero-order valence-corrected chi connectivity index (χ0v) is 12.9. The van der Waals surface area contributed by atoms with Crippen LogP contribution in [0.2, 0.25) is 0 Å². The first kappa shape index (κ1) is 16.1. The molecule has 1 aromatic heterocycles. The average molecular weight is 351 g/mol. The number of rotatable bonds is 5. The second-order valence-electron chi connectivity index (χ2n) is 4.74. The Labute approximate surface area is 136 Å². The van der Waals surface area contributed by atoms with Crippen LogP contribution >= 0.6 is 0 Å². The van der Waals surface area contributed by atoms with Gasteiger partial charge in [0.15, 0.2) is 5.82 Å². The van der Waals surface area contributed by atoms with E-state index >= 15 is 0 Å². The van der Waals surface area contributed by atoms with Crippen LogP contribution in [0.3, 0.4) is 0 Å². The van der Waals surface area contributed by atoms with Crippen molar-refractivity contribution in [2.45, 2.75) is 11.4 Å². The fourth-order valence-corrected chi connectivity index (χ4v) is 3.08. The van der Waals surface area contributed by atoms with Crippen molar-refractivity contribution in [3.63, 3.8) is 0 Å². The summed E-state index contributed by atoms with van der Waals surface area (Å²) in [5.41, 5.74) is 0.333. The van der Waals surface area contributed by atoms with Gasteiger partial charge in [0.1, 0.15) is 16.5 Å². The Bertz CT molecular complexity index is 975. The minimum absolute atomic E-state index is 0.125. The number of sulfonamides is 1. The third kappa shape index (κ3) is 3.29. The minimum Gasteiger partial charge on any atom is -0.207 e. The third-order valence-corrected chi connectivity index (χ3v) is 4.57. The molecule has 0 atom stereocenters. The zero-order chi connectivity index (χ0) is 17.2. The molecule has 0 amide bonds. The molecule has 1 N–H and O–H groups in total. The van der Waals surface area contributed by atoms with E-state index in [1.54, 1.807) is 6.07 Å². The van der Waals surface area contributed by atoms with Crippen molar-refractivity contribution in [2.75, 3.05) is 0 Å². The van der Waals surface area contributed by atoms with E-state index in [9.17, 15) is 17.2 Å². The van der Waals surface area contributed by atoms with E-state index in [4.69, 9.17) is 0 Å². The summed E-state index contributed by atoms with van der Waals surface area (Å²) in [5, 5.41) is 10.8. The van der Waals surface area contributed by atoms with Gasteiger partial charge in [0, 0.05) is 0 Å². The van der Waals surface area contributed by atoms with Crippen molar-refractivity contribution in [1.29, 1.82) is 0 Å². The highest BCUT2D eigenvalue weighted by atomic mass is 32.2. The van der Waals surface area contributed by atoms with Crippen molar-refractivity contribution < 1.29 is 17.2 Å². The lowest BCUT2D eigenvalue weighted by atomic mass is 10.3. The lowest BCUT2D eigenvalue weighted by molar-refractivity contribution is 0.554. The highest BCUT2D eigenvalue weighted by Crippen LogP contribution is 2.14. The van der Waals surface area contributed by atoms with Crippen LogP contribution in [0.1, 0.15) is 5.82 Å². The number of hydrogen-bond acceptors (Lipinski definition) is 5. The van der Waals surface area contributed by atoms with Gasteiger partial charge in [0.2, 0.25) is 10.0 Å². The van der Waals surface area contributed by atoms with Crippen LogP contribution < -0.4 is 4.72 Å². The van der Waals surface area contributed by atoms with Crippen LogP contribution in [0.15, 0.2) is 53.4 Å². The molecular weight excluding hydrogens is 340 g/mol. The summed E-state index contributed by atoms with van der Waals surface area (Å²) in [6.45, 7) is -0.291. The summed E-state index contributed by atoms with van der Waals surface area (Å²) in [6.07, 6.45) is 0. The second-order valence-corrected chi connectivity index (χ2v) is 6.48. The number of tetrazole rings is 1. The van der Waals surface area contributed by atoms with E-state index in [1.165, 1.54) is 35.0 Å². The molecular formula is C14H11F2N5O2S. The predicted molar refractivity (Wildman–Crippen MR) is 79.5 cm³/mol. The molecule has 10 heteroatoms. The second kappa shape index (κ2) is 6.42. The van der Waals surface area contributed by atoms with E-state index in [0.717, 1.165) is 12.1 Å². The van der Waals surface area contributed by atoms with Crippen molar-refractivity contribution in [3.8, 4) is 5.69 Å². The maximum Gasteiger partial charge on any atom is 0.243 e. The maximum atomic E-state index is 13.6. The van der Waals surface area contributed by atoms with Gasteiger partial charge < -0.3 is 0 Å². The SMILES string of the molecule is O=S(=O)(NCc1nnnn1-c1cccc(F)c1)c1ccccc1F. The topological polar surface area (TPSA) is 89.8 Å². The Kier molecular flexibility index (Phi) is 4.32. The van der Waals surface area contributed by atoms with Gasteiger partial charge in [-0.3, -0.25) is 0 Å². The van der Waals surface area contributed by atoms with Gasteiger partial charge in [0.05, 0.1) is 12.2 Å². The van der Waals surface area contributed by atoms with Gasteiger partial charge in [0.25, 0.3) is 0 Å². The molecule has 0 saturated carbocycles. The Morgan fingerprint density at radius 3 is 2.62 bits per heavy atom. The number of nitrogens with one attached hydrogen (secondary N) is 1. The smallest absolute Gasteiger partial charge is 0.207 e. The summed E-state index contributed by atoms with van der Waals surface area (Å²) in [6, 6.07) is 10.5. The highest BCUT2D eigenvalue weighted by molar-refractivity contribution is 7.89. The van der Waals surface area contributed by atoms with Crippen molar-refractivity contribution in [3.05, 3.63) is 66.0 Å². The Hall–Kier alpha value is -2.72. The average Bonchev–Trinajstić information content (AvgIpc) is 3.02. The lowest BCUT2D eigenvalue weighted by Crippen LogP contribution is -2.25. The van der Waals surface area contributed by atoms with Gasteiger partial charge in [-0.25, -0.2) is 21.9 Å². The zero-order valence-electron chi connectivity index (χ0n) is 12.1. The van der Waals surface area contributed by atoms with Crippen molar-refractivity contribution >= 4 is 10.0 Å². The van der Waals surface area contributed by atoms with E-state index < -0.39 is 26.6 Å². The summed E-state index contributed by atoms with van der Waals surface area (Å²) < 4.78 is 54.7.